The van der Waals surface area contributed by atoms with Crippen LogP contribution in [0.5, 0.6) is 11.5 Å². The number of hydrogen-bond donors (Lipinski definition) is 5. The molecule has 0 aliphatic rings. The Hall–Kier alpha value is -2.34. The molecular weight excluding hydrogens is 296 g/mol. The zero-order chi connectivity index (χ0) is 17.0. The first-order chi connectivity index (χ1) is 11.0. The van der Waals surface area contributed by atoms with E-state index in [4.69, 9.17) is 5.11 Å². The summed E-state index contributed by atoms with van der Waals surface area (Å²) in [6.45, 7) is 3.07. The fourth-order valence-electron chi connectivity index (χ4n) is 2.36. The minimum absolute atomic E-state index is 0.00896. The van der Waals surface area contributed by atoms with Gasteiger partial charge >= 0.3 is 0 Å². The lowest BCUT2D eigenvalue weighted by atomic mass is 9.96. The van der Waals surface area contributed by atoms with Gasteiger partial charge in [-0.2, -0.15) is 0 Å². The van der Waals surface area contributed by atoms with Gasteiger partial charge in [0.25, 0.3) is 0 Å². The maximum Gasteiger partial charge on any atom is 0.123 e. The molecule has 0 aliphatic carbocycles. The van der Waals surface area contributed by atoms with Crippen LogP contribution < -0.4 is 0 Å². The van der Waals surface area contributed by atoms with E-state index >= 15 is 0 Å². The monoisotopic (exact) mass is 316 g/mol. The summed E-state index contributed by atoms with van der Waals surface area (Å²) < 4.78 is 0. The van der Waals surface area contributed by atoms with E-state index in [0.29, 0.717) is 28.7 Å². The zero-order valence-corrected chi connectivity index (χ0v) is 12.6. The zero-order valence-electron chi connectivity index (χ0n) is 12.6. The van der Waals surface area contributed by atoms with Gasteiger partial charge in [0.15, 0.2) is 0 Å². The first-order valence-electron chi connectivity index (χ1n) is 7.21. The van der Waals surface area contributed by atoms with Crippen molar-refractivity contribution in [2.45, 2.75) is 18.6 Å². The molecule has 23 heavy (non-hydrogen) atoms. The van der Waals surface area contributed by atoms with E-state index in [9.17, 15) is 20.4 Å². The number of hydrogen-bond acceptors (Lipinski definition) is 5. The molecule has 122 valence electrons. The van der Waals surface area contributed by atoms with Gasteiger partial charge in [0, 0.05) is 5.56 Å². The topological polar surface area (TPSA) is 101 Å². The molecule has 2 aromatic carbocycles. The smallest absolute Gasteiger partial charge is 0.123 e. The Labute approximate surface area is 134 Å². The van der Waals surface area contributed by atoms with Crippen molar-refractivity contribution in [2.75, 3.05) is 6.61 Å². The van der Waals surface area contributed by atoms with Crippen LogP contribution in [0.3, 0.4) is 0 Å². The van der Waals surface area contributed by atoms with Gasteiger partial charge in [-0.3, -0.25) is 0 Å². The Balaban J connectivity index is 2.47. The van der Waals surface area contributed by atoms with Crippen molar-refractivity contribution >= 4 is 0 Å². The van der Waals surface area contributed by atoms with Gasteiger partial charge in [-0.15, -0.1) is 6.58 Å². The first kappa shape index (κ1) is 17.0. The van der Waals surface area contributed by atoms with Crippen LogP contribution in [0.4, 0.5) is 0 Å². The van der Waals surface area contributed by atoms with Crippen molar-refractivity contribution in [1.29, 1.82) is 0 Å². The second-order valence-corrected chi connectivity index (χ2v) is 5.31. The molecule has 2 aromatic rings. The molecule has 5 N–H and O–H groups in total. The Morgan fingerprint density at radius 2 is 1.70 bits per heavy atom. The van der Waals surface area contributed by atoms with Gasteiger partial charge in [-0.1, -0.05) is 18.2 Å². The highest BCUT2D eigenvalue weighted by Crippen LogP contribution is 2.34. The summed E-state index contributed by atoms with van der Waals surface area (Å²) in [7, 11) is 0. The third kappa shape index (κ3) is 3.71. The Morgan fingerprint density at radius 1 is 1.00 bits per heavy atom. The number of phenolic OH excluding ortho intramolecular Hbond substituents is 2. The van der Waals surface area contributed by atoms with Crippen LogP contribution in [0.15, 0.2) is 49.1 Å². The number of aliphatic hydroxyl groups excluding tert-OH is 3. The maximum atomic E-state index is 10.1. The van der Waals surface area contributed by atoms with Crippen LogP contribution in [-0.4, -0.2) is 38.2 Å². The Kier molecular flexibility index (Phi) is 5.39. The molecule has 2 rings (SSSR count). The minimum Gasteiger partial charge on any atom is -0.508 e. The van der Waals surface area contributed by atoms with Crippen molar-refractivity contribution in [3.63, 3.8) is 0 Å². The van der Waals surface area contributed by atoms with Gasteiger partial charge in [-0.25, -0.2) is 0 Å². The van der Waals surface area contributed by atoms with Crippen LogP contribution in [0.2, 0.25) is 0 Å². The molecule has 5 heteroatoms. The molecular formula is C18H20O5. The number of rotatable bonds is 6. The summed E-state index contributed by atoms with van der Waals surface area (Å²) >= 11 is 0. The average molecular weight is 316 g/mol. The van der Waals surface area contributed by atoms with Gasteiger partial charge in [-0.05, 0) is 47.4 Å². The molecule has 5 nitrogen and oxygen atoms in total. The number of phenols is 2. The summed E-state index contributed by atoms with van der Waals surface area (Å²) in [5.74, 6) is 0.148. The van der Waals surface area contributed by atoms with Crippen molar-refractivity contribution in [2.24, 2.45) is 0 Å². The summed E-state index contributed by atoms with van der Waals surface area (Å²) in [5.41, 5.74) is 2.15. The maximum absolute atomic E-state index is 10.1. The molecule has 0 heterocycles. The highest BCUT2D eigenvalue weighted by Gasteiger charge is 2.19. The Bertz CT molecular complexity index is 696. The quantitative estimate of drug-likeness (QED) is 0.524. The fourth-order valence-corrected chi connectivity index (χ4v) is 2.36. The highest BCUT2D eigenvalue weighted by atomic mass is 16.4. The van der Waals surface area contributed by atoms with Crippen LogP contribution >= 0.6 is 0 Å². The fraction of sp³-hybridized carbons (Fsp3) is 0.222. The SMILES string of the molecule is C=CCc1cc(-c2cc(C(O)C(O)CO)ccc2O)ccc1O. The van der Waals surface area contributed by atoms with Crippen molar-refractivity contribution in [1.82, 2.24) is 0 Å². The lowest BCUT2D eigenvalue weighted by molar-refractivity contribution is -0.0152. The molecule has 0 radical (unpaired) electrons. The third-order valence-electron chi connectivity index (χ3n) is 3.67. The van der Waals surface area contributed by atoms with E-state index in [1.165, 1.54) is 18.2 Å². The summed E-state index contributed by atoms with van der Waals surface area (Å²) in [6, 6.07) is 9.34. The van der Waals surface area contributed by atoms with Crippen LogP contribution in [0.1, 0.15) is 17.2 Å². The summed E-state index contributed by atoms with van der Waals surface area (Å²) in [5, 5.41) is 48.4. The first-order valence-corrected chi connectivity index (χ1v) is 7.21. The molecule has 0 fully saturated rings. The van der Waals surface area contributed by atoms with Crippen LogP contribution in [0.25, 0.3) is 11.1 Å². The minimum atomic E-state index is -1.30. The summed E-state index contributed by atoms with van der Waals surface area (Å²) in [6.07, 6.45) is -0.421. The molecule has 0 amide bonds. The highest BCUT2D eigenvalue weighted by molar-refractivity contribution is 5.72. The van der Waals surface area contributed by atoms with Gasteiger partial charge in [0.2, 0.25) is 0 Å². The molecule has 2 unspecified atom stereocenters. The van der Waals surface area contributed by atoms with E-state index in [-0.39, 0.29) is 11.5 Å². The number of aliphatic hydroxyl groups is 3. The molecule has 0 bridgehead atoms. The number of benzene rings is 2. The van der Waals surface area contributed by atoms with Gasteiger partial charge < -0.3 is 25.5 Å². The largest absolute Gasteiger partial charge is 0.508 e. The van der Waals surface area contributed by atoms with E-state index in [2.05, 4.69) is 6.58 Å². The Morgan fingerprint density at radius 3 is 2.35 bits per heavy atom. The van der Waals surface area contributed by atoms with E-state index in [1.807, 2.05) is 0 Å². The lowest BCUT2D eigenvalue weighted by Crippen LogP contribution is -2.22. The molecule has 0 spiro atoms. The van der Waals surface area contributed by atoms with Crippen molar-refractivity contribution < 1.29 is 25.5 Å². The van der Waals surface area contributed by atoms with Crippen LogP contribution in [-0.2, 0) is 6.42 Å². The second-order valence-electron chi connectivity index (χ2n) is 5.31. The van der Waals surface area contributed by atoms with E-state index in [1.54, 1.807) is 24.3 Å². The van der Waals surface area contributed by atoms with Gasteiger partial charge in [0.1, 0.15) is 23.7 Å². The standard InChI is InChI=1S/C18H20O5/c1-2-3-12-8-11(4-6-15(12)20)14-9-13(5-7-16(14)21)18(23)17(22)10-19/h2,4-9,17-23H,1,3,10H2. The molecule has 0 saturated heterocycles. The lowest BCUT2D eigenvalue weighted by Gasteiger charge is -2.17. The molecule has 2 atom stereocenters. The number of aromatic hydroxyl groups is 2. The predicted octanol–water partition coefficient (Wildman–Crippen LogP) is 1.88. The van der Waals surface area contributed by atoms with Gasteiger partial charge in [0.05, 0.1) is 6.61 Å². The molecule has 0 saturated carbocycles. The van der Waals surface area contributed by atoms with Crippen molar-refractivity contribution in [3.05, 3.63) is 60.2 Å². The average Bonchev–Trinajstić information content (AvgIpc) is 2.56. The van der Waals surface area contributed by atoms with Crippen molar-refractivity contribution in [3.8, 4) is 22.6 Å². The second kappa shape index (κ2) is 7.28. The van der Waals surface area contributed by atoms with E-state index in [0.717, 1.165) is 0 Å². The van der Waals surface area contributed by atoms with E-state index < -0.39 is 18.8 Å². The predicted molar refractivity (Wildman–Crippen MR) is 87.2 cm³/mol. The molecule has 0 aliphatic heterocycles. The molecule has 0 aromatic heterocycles. The normalized spacial score (nSPS) is 13.5. The van der Waals surface area contributed by atoms with Crippen LogP contribution in [0, 0.1) is 0 Å². The third-order valence-corrected chi connectivity index (χ3v) is 3.67. The number of allylic oxidation sites excluding steroid dienone is 1. The summed E-state index contributed by atoms with van der Waals surface area (Å²) in [4.78, 5) is 0.